The maximum absolute atomic E-state index is 13.5. The van der Waals surface area contributed by atoms with Crippen molar-refractivity contribution in [1.29, 1.82) is 0 Å². The molecule has 19 heavy (non-hydrogen) atoms. The van der Waals surface area contributed by atoms with E-state index in [-0.39, 0.29) is 17.4 Å². The SMILES string of the molecule is O=C(Nc1cccs1)Nc1nc2c(F)cccc2s1. The number of fused-ring (bicyclic) bond motifs is 1. The number of nitrogens with zero attached hydrogens (tertiary/aromatic N) is 1. The lowest BCUT2D eigenvalue weighted by atomic mass is 10.3. The number of aromatic nitrogens is 1. The summed E-state index contributed by atoms with van der Waals surface area (Å²) >= 11 is 2.65. The number of carbonyl (C=O) groups is 1. The Morgan fingerprint density at radius 3 is 2.84 bits per heavy atom. The van der Waals surface area contributed by atoms with Gasteiger partial charge in [-0.15, -0.1) is 11.3 Å². The minimum atomic E-state index is -0.388. The van der Waals surface area contributed by atoms with E-state index in [1.54, 1.807) is 18.2 Å². The van der Waals surface area contributed by atoms with Crippen LogP contribution in [0.3, 0.4) is 0 Å². The quantitative estimate of drug-likeness (QED) is 0.746. The number of thiophene rings is 1. The summed E-state index contributed by atoms with van der Waals surface area (Å²) in [6.45, 7) is 0. The second kappa shape index (κ2) is 4.94. The molecule has 2 N–H and O–H groups in total. The molecule has 3 aromatic rings. The predicted octanol–water partition coefficient (Wildman–Crippen LogP) is 4.14. The normalized spacial score (nSPS) is 10.6. The van der Waals surface area contributed by atoms with Crippen molar-refractivity contribution in [3.8, 4) is 0 Å². The van der Waals surface area contributed by atoms with E-state index in [9.17, 15) is 9.18 Å². The molecule has 96 valence electrons. The first-order valence-corrected chi connectivity index (χ1v) is 7.08. The highest BCUT2D eigenvalue weighted by atomic mass is 32.1. The topological polar surface area (TPSA) is 54.0 Å². The maximum Gasteiger partial charge on any atom is 0.326 e. The number of para-hydroxylation sites is 1. The van der Waals surface area contributed by atoms with E-state index >= 15 is 0 Å². The lowest BCUT2D eigenvalue weighted by molar-refractivity contribution is 0.262. The zero-order chi connectivity index (χ0) is 13.2. The van der Waals surface area contributed by atoms with Gasteiger partial charge in [-0.3, -0.25) is 10.6 Å². The van der Waals surface area contributed by atoms with Crippen LogP contribution in [0.2, 0.25) is 0 Å². The number of thiazole rings is 1. The molecular formula is C12H8FN3OS2. The van der Waals surface area contributed by atoms with Crippen LogP contribution in [0.25, 0.3) is 10.2 Å². The first-order valence-electron chi connectivity index (χ1n) is 5.39. The summed E-state index contributed by atoms with van der Waals surface area (Å²) in [6.07, 6.45) is 0. The number of anilines is 2. The number of halogens is 1. The minimum Gasteiger partial charge on any atom is -0.299 e. The van der Waals surface area contributed by atoms with Crippen molar-refractivity contribution in [1.82, 2.24) is 4.98 Å². The molecule has 1 aromatic carbocycles. The molecule has 0 saturated heterocycles. The van der Waals surface area contributed by atoms with E-state index in [1.807, 2.05) is 11.4 Å². The number of hydrogen-bond acceptors (Lipinski definition) is 4. The Kier molecular flexibility index (Phi) is 3.14. The second-order valence-corrected chi connectivity index (χ2v) is 5.64. The van der Waals surface area contributed by atoms with Gasteiger partial charge in [-0.1, -0.05) is 17.4 Å². The summed E-state index contributed by atoms with van der Waals surface area (Å²) in [7, 11) is 0. The molecule has 0 unspecified atom stereocenters. The van der Waals surface area contributed by atoms with E-state index in [2.05, 4.69) is 15.6 Å². The van der Waals surface area contributed by atoms with Gasteiger partial charge in [0.1, 0.15) is 11.3 Å². The van der Waals surface area contributed by atoms with Crippen molar-refractivity contribution in [3.63, 3.8) is 0 Å². The van der Waals surface area contributed by atoms with E-state index in [0.29, 0.717) is 9.83 Å². The third-order valence-electron chi connectivity index (χ3n) is 2.35. The van der Waals surface area contributed by atoms with E-state index in [1.165, 1.54) is 28.7 Å². The van der Waals surface area contributed by atoms with Crippen LogP contribution in [0.1, 0.15) is 0 Å². The minimum absolute atomic E-state index is 0.277. The molecule has 0 bridgehead atoms. The van der Waals surface area contributed by atoms with Gasteiger partial charge in [0.25, 0.3) is 0 Å². The van der Waals surface area contributed by atoms with Gasteiger partial charge in [0.15, 0.2) is 5.13 Å². The van der Waals surface area contributed by atoms with Gasteiger partial charge in [-0.05, 0) is 29.6 Å². The fourth-order valence-corrected chi connectivity index (χ4v) is 3.05. The van der Waals surface area contributed by atoms with Crippen LogP contribution in [-0.2, 0) is 0 Å². The molecule has 0 atom stereocenters. The van der Waals surface area contributed by atoms with Crippen molar-refractivity contribution < 1.29 is 9.18 Å². The van der Waals surface area contributed by atoms with Crippen LogP contribution in [0.4, 0.5) is 19.3 Å². The van der Waals surface area contributed by atoms with Gasteiger partial charge in [0.05, 0.1) is 9.70 Å². The fourth-order valence-electron chi connectivity index (χ4n) is 1.56. The highest BCUT2D eigenvalue weighted by molar-refractivity contribution is 7.22. The summed E-state index contributed by atoms with van der Waals surface area (Å²) in [6, 6.07) is 7.97. The predicted molar refractivity (Wildman–Crippen MR) is 76.5 cm³/mol. The molecular weight excluding hydrogens is 285 g/mol. The molecule has 0 aliphatic carbocycles. The molecule has 0 radical (unpaired) electrons. The molecule has 4 nitrogen and oxygen atoms in total. The third kappa shape index (κ3) is 2.56. The highest BCUT2D eigenvalue weighted by Gasteiger charge is 2.10. The molecule has 3 rings (SSSR count). The zero-order valence-electron chi connectivity index (χ0n) is 9.51. The molecule has 0 aliphatic rings. The van der Waals surface area contributed by atoms with Crippen molar-refractivity contribution in [2.24, 2.45) is 0 Å². The first-order chi connectivity index (χ1) is 9.22. The summed E-state index contributed by atoms with van der Waals surface area (Å²) in [4.78, 5) is 15.8. The Hall–Kier alpha value is -1.99. The van der Waals surface area contributed by atoms with Crippen molar-refractivity contribution in [2.45, 2.75) is 0 Å². The zero-order valence-corrected chi connectivity index (χ0v) is 11.1. The Morgan fingerprint density at radius 2 is 2.11 bits per heavy atom. The summed E-state index contributed by atoms with van der Waals surface area (Å²) in [5.41, 5.74) is 0.277. The van der Waals surface area contributed by atoms with Crippen molar-refractivity contribution in [2.75, 3.05) is 10.6 Å². The average Bonchev–Trinajstić information content (AvgIpc) is 2.98. The Bertz CT molecular complexity index is 724. The van der Waals surface area contributed by atoms with Crippen molar-refractivity contribution in [3.05, 3.63) is 41.5 Å². The smallest absolute Gasteiger partial charge is 0.299 e. The molecule has 2 heterocycles. The molecule has 2 aromatic heterocycles. The van der Waals surface area contributed by atoms with Gasteiger partial charge in [-0.25, -0.2) is 14.2 Å². The maximum atomic E-state index is 13.5. The Labute approximate surface area is 115 Å². The highest BCUT2D eigenvalue weighted by Crippen LogP contribution is 2.27. The lowest BCUT2D eigenvalue weighted by Gasteiger charge is -2.01. The van der Waals surface area contributed by atoms with Crippen LogP contribution in [0.5, 0.6) is 0 Å². The molecule has 0 aliphatic heterocycles. The van der Waals surface area contributed by atoms with Crippen LogP contribution in [-0.4, -0.2) is 11.0 Å². The average molecular weight is 293 g/mol. The second-order valence-electron chi connectivity index (χ2n) is 3.66. The van der Waals surface area contributed by atoms with Gasteiger partial charge in [-0.2, -0.15) is 0 Å². The van der Waals surface area contributed by atoms with E-state index in [0.717, 1.165) is 5.00 Å². The summed E-state index contributed by atoms with van der Waals surface area (Å²) in [5.74, 6) is -0.388. The van der Waals surface area contributed by atoms with Crippen molar-refractivity contribution >= 4 is 49.1 Å². The fraction of sp³-hybridized carbons (Fsp3) is 0. The van der Waals surface area contributed by atoms with Crippen LogP contribution in [0, 0.1) is 5.82 Å². The number of carbonyl (C=O) groups excluding carboxylic acids is 1. The van der Waals surface area contributed by atoms with Crippen LogP contribution < -0.4 is 10.6 Å². The largest absolute Gasteiger partial charge is 0.326 e. The van der Waals surface area contributed by atoms with Gasteiger partial charge in [0.2, 0.25) is 0 Å². The molecule has 0 fully saturated rings. The van der Waals surface area contributed by atoms with Gasteiger partial charge >= 0.3 is 6.03 Å². The molecule has 0 saturated carbocycles. The molecule has 0 spiro atoms. The van der Waals surface area contributed by atoms with Crippen LogP contribution >= 0.6 is 22.7 Å². The monoisotopic (exact) mass is 293 g/mol. The Morgan fingerprint density at radius 1 is 1.21 bits per heavy atom. The Balaban J connectivity index is 1.78. The van der Waals surface area contributed by atoms with Gasteiger partial charge < -0.3 is 0 Å². The lowest BCUT2D eigenvalue weighted by Crippen LogP contribution is -2.18. The van der Waals surface area contributed by atoms with Gasteiger partial charge in [0, 0.05) is 0 Å². The number of amides is 2. The first kappa shape index (κ1) is 12.1. The van der Waals surface area contributed by atoms with E-state index < -0.39 is 0 Å². The van der Waals surface area contributed by atoms with E-state index in [4.69, 9.17) is 0 Å². The molecule has 2 amide bonds. The molecule has 7 heteroatoms. The third-order valence-corrected chi connectivity index (χ3v) is 4.07. The van der Waals surface area contributed by atoms with Crippen LogP contribution in [0.15, 0.2) is 35.7 Å². The summed E-state index contributed by atoms with van der Waals surface area (Å²) in [5, 5.41) is 8.24. The number of benzene rings is 1. The number of urea groups is 1. The summed E-state index contributed by atoms with van der Waals surface area (Å²) < 4.78 is 14.2. The standard InChI is InChI=1S/C12H8FN3OS2/c13-7-3-1-4-8-10(7)15-12(19-8)16-11(17)14-9-5-2-6-18-9/h1-6H,(H2,14,15,16,17). The number of nitrogens with one attached hydrogen (secondary N) is 2. The number of rotatable bonds is 2. The number of hydrogen-bond donors (Lipinski definition) is 2.